The topological polar surface area (TPSA) is 47.1 Å². The van der Waals surface area contributed by atoms with E-state index in [4.69, 9.17) is 10.7 Å². The molecular formula is C12H20N4S. The van der Waals surface area contributed by atoms with Crippen LogP contribution in [-0.2, 0) is 6.54 Å². The molecule has 0 saturated carbocycles. The largest absolute Gasteiger partial charge is 0.328 e. The number of hydrogen-bond donors (Lipinski definition) is 1. The molecule has 0 bridgehead atoms. The maximum absolute atomic E-state index is 6.08. The van der Waals surface area contributed by atoms with E-state index in [-0.39, 0.29) is 0 Å². The van der Waals surface area contributed by atoms with Crippen LogP contribution in [0.25, 0.3) is 0 Å². The van der Waals surface area contributed by atoms with Gasteiger partial charge in [0.1, 0.15) is 0 Å². The number of hydrogen-bond acceptors (Lipinski definition) is 4. The second-order valence-electron chi connectivity index (χ2n) is 5.12. The lowest BCUT2D eigenvalue weighted by Crippen LogP contribution is -2.40. The highest BCUT2D eigenvalue weighted by molar-refractivity contribution is 7.99. The van der Waals surface area contributed by atoms with E-state index < -0.39 is 0 Å². The molecule has 17 heavy (non-hydrogen) atoms. The lowest BCUT2D eigenvalue weighted by Gasteiger charge is -2.34. The Morgan fingerprint density at radius 1 is 1.47 bits per heavy atom. The number of imidazole rings is 1. The predicted octanol–water partition coefficient (Wildman–Crippen LogP) is 1.47. The first kappa shape index (κ1) is 11.6. The van der Waals surface area contributed by atoms with Crippen LogP contribution in [0.2, 0.25) is 0 Å². The number of aromatic nitrogens is 2. The monoisotopic (exact) mass is 252 g/mol. The van der Waals surface area contributed by atoms with Gasteiger partial charge < -0.3 is 10.3 Å². The summed E-state index contributed by atoms with van der Waals surface area (Å²) in [4.78, 5) is 7.18. The van der Waals surface area contributed by atoms with E-state index in [1.165, 1.54) is 23.0 Å². The van der Waals surface area contributed by atoms with Gasteiger partial charge in [0.2, 0.25) is 0 Å². The lowest BCUT2D eigenvalue weighted by atomic mass is 9.96. The Morgan fingerprint density at radius 2 is 2.35 bits per heavy atom. The van der Waals surface area contributed by atoms with Crippen LogP contribution in [0.5, 0.6) is 0 Å². The molecule has 2 aliphatic heterocycles. The van der Waals surface area contributed by atoms with E-state index in [2.05, 4.69) is 22.7 Å². The normalized spacial score (nSPS) is 30.2. The third-order valence-electron chi connectivity index (χ3n) is 3.79. The Balaban J connectivity index is 1.84. The number of thioether (sulfide) groups is 1. The maximum Gasteiger partial charge on any atom is 0.168 e. The molecule has 0 aromatic carbocycles. The van der Waals surface area contributed by atoms with Crippen molar-refractivity contribution in [1.82, 2.24) is 14.5 Å². The van der Waals surface area contributed by atoms with Crippen molar-refractivity contribution < 1.29 is 0 Å². The van der Waals surface area contributed by atoms with E-state index in [1.807, 2.05) is 11.8 Å². The van der Waals surface area contributed by atoms with Crippen molar-refractivity contribution in [2.45, 2.75) is 43.0 Å². The SMILES string of the molecule is CN1CCC(N)CC1c1cn2c(n1)SCCC2. The van der Waals surface area contributed by atoms with Crippen LogP contribution in [0, 0.1) is 0 Å². The first-order valence-corrected chi connectivity index (χ1v) is 7.38. The van der Waals surface area contributed by atoms with Gasteiger partial charge in [-0.3, -0.25) is 4.90 Å². The number of rotatable bonds is 1. The minimum Gasteiger partial charge on any atom is -0.328 e. The average molecular weight is 252 g/mol. The summed E-state index contributed by atoms with van der Waals surface area (Å²) >= 11 is 1.88. The average Bonchev–Trinajstić information content (AvgIpc) is 2.75. The zero-order chi connectivity index (χ0) is 11.8. The molecule has 2 aliphatic rings. The fraction of sp³-hybridized carbons (Fsp3) is 0.750. The van der Waals surface area contributed by atoms with Gasteiger partial charge in [-0.25, -0.2) is 4.98 Å². The van der Waals surface area contributed by atoms with Crippen LogP contribution in [0.4, 0.5) is 0 Å². The third-order valence-corrected chi connectivity index (χ3v) is 4.86. The van der Waals surface area contributed by atoms with Crippen molar-refractivity contribution in [3.05, 3.63) is 11.9 Å². The van der Waals surface area contributed by atoms with Gasteiger partial charge in [-0.05, 0) is 32.9 Å². The van der Waals surface area contributed by atoms with Crippen LogP contribution in [0.15, 0.2) is 11.4 Å². The van der Waals surface area contributed by atoms with E-state index in [0.717, 1.165) is 25.9 Å². The molecule has 94 valence electrons. The summed E-state index contributed by atoms with van der Waals surface area (Å²) in [6.45, 7) is 2.21. The molecule has 2 atom stereocenters. The van der Waals surface area contributed by atoms with E-state index >= 15 is 0 Å². The fourth-order valence-electron chi connectivity index (χ4n) is 2.71. The molecular weight excluding hydrogens is 232 g/mol. The molecule has 0 spiro atoms. The molecule has 2 N–H and O–H groups in total. The third kappa shape index (κ3) is 2.23. The van der Waals surface area contributed by atoms with Crippen molar-refractivity contribution >= 4 is 11.8 Å². The van der Waals surface area contributed by atoms with Gasteiger partial charge in [-0.1, -0.05) is 11.8 Å². The second-order valence-corrected chi connectivity index (χ2v) is 6.19. The summed E-state index contributed by atoms with van der Waals surface area (Å²) in [7, 11) is 2.18. The maximum atomic E-state index is 6.08. The number of nitrogens with two attached hydrogens (primary N) is 1. The van der Waals surface area contributed by atoms with Gasteiger partial charge in [-0.15, -0.1) is 0 Å². The molecule has 1 aromatic heterocycles. The number of fused-ring (bicyclic) bond motifs is 1. The number of likely N-dealkylation sites (tertiary alicyclic amines) is 1. The summed E-state index contributed by atoms with van der Waals surface area (Å²) in [6.07, 6.45) is 5.64. The van der Waals surface area contributed by atoms with Gasteiger partial charge in [0.05, 0.1) is 11.7 Å². The Hall–Kier alpha value is -0.520. The molecule has 4 nitrogen and oxygen atoms in total. The van der Waals surface area contributed by atoms with Crippen molar-refractivity contribution in [2.24, 2.45) is 5.73 Å². The van der Waals surface area contributed by atoms with E-state index in [1.54, 1.807) is 0 Å². The van der Waals surface area contributed by atoms with Crippen LogP contribution in [0.1, 0.15) is 31.0 Å². The molecule has 3 rings (SSSR count). The minimum absolute atomic E-state index is 0.336. The highest BCUT2D eigenvalue weighted by Gasteiger charge is 2.28. The smallest absolute Gasteiger partial charge is 0.168 e. The van der Waals surface area contributed by atoms with Gasteiger partial charge in [-0.2, -0.15) is 0 Å². The van der Waals surface area contributed by atoms with Crippen LogP contribution >= 0.6 is 11.8 Å². The van der Waals surface area contributed by atoms with Crippen molar-refractivity contribution in [2.75, 3.05) is 19.3 Å². The molecule has 3 heterocycles. The van der Waals surface area contributed by atoms with Gasteiger partial charge >= 0.3 is 0 Å². The van der Waals surface area contributed by atoms with Crippen LogP contribution < -0.4 is 5.73 Å². The number of nitrogens with zero attached hydrogens (tertiary/aromatic N) is 3. The van der Waals surface area contributed by atoms with Crippen molar-refractivity contribution in [1.29, 1.82) is 0 Å². The minimum atomic E-state index is 0.336. The zero-order valence-electron chi connectivity index (χ0n) is 10.3. The summed E-state index contributed by atoms with van der Waals surface area (Å²) in [5, 5.41) is 1.19. The Kier molecular flexibility index (Phi) is 3.15. The number of piperidine rings is 1. The second kappa shape index (κ2) is 4.63. The summed E-state index contributed by atoms with van der Waals surface area (Å²) in [5.41, 5.74) is 7.30. The molecule has 1 fully saturated rings. The summed E-state index contributed by atoms with van der Waals surface area (Å²) in [5.74, 6) is 1.20. The first-order valence-electron chi connectivity index (χ1n) is 6.40. The van der Waals surface area contributed by atoms with E-state index in [0.29, 0.717) is 12.1 Å². The van der Waals surface area contributed by atoms with Gasteiger partial charge in [0, 0.05) is 24.5 Å². The van der Waals surface area contributed by atoms with Gasteiger partial charge in [0.25, 0.3) is 0 Å². The standard InChI is InChI=1S/C12H20N4S/c1-15-5-3-9(13)7-11(15)10-8-16-4-2-6-17-12(16)14-10/h8-9,11H,2-7,13H2,1H3. The first-order chi connectivity index (χ1) is 8.24. The lowest BCUT2D eigenvalue weighted by molar-refractivity contribution is 0.168. The highest BCUT2D eigenvalue weighted by Crippen LogP contribution is 2.32. The summed E-state index contributed by atoms with van der Waals surface area (Å²) < 4.78 is 2.30. The van der Waals surface area contributed by atoms with Gasteiger partial charge in [0.15, 0.2) is 5.16 Å². The van der Waals surface area contributed by atoms with Crippen molar-refractivity contribution in [3.8, 4) is 0 Å². The molecule has 2 unspecified atom stereocenters. The Morgan fingerprint density at radius 3 is 3.18 bits per heavy atom. The van der Waals surface area contributed by atoms with Crippen LogP contribution in [-0.4, -0.2) is 39.8 Å². The Labute approximate surface area is 107 Å². The molecule has 0 amide bonds. The predicted molar refractivity (Wildman–Crippen MR) is 70.1 cm³/mol. The van der Waals surface area contributed by atoms with Crippen LogP contribution in [0.3, 0.4) is 0 Å². The van der Waals surface area contributed by atoms with Crippen molar-refractivity contribution in [3.63, 3.8) is 0 Å². The molecule has 1 aromatic rings. The fourth-order valence-corrected chi connectivity index (χ4v) is 3.64. The molecule has 5 heteroatoms. The summed E-state index contributed by atoms with van der Waals surface area (Å²) in [6, 6.07) is 0.750. The number of aryl methyl sites for hydroxylation is 1. The molecule has 1 saturated heterocycles. The molecule has 0 radical (unpaired) electrons. The van der Waals surface area contributed by atoms with E-state index in [9.17, 15) is 0 Å². The molecule has 0 aliphatic carbocycles. The quantitative estimate of drug-likeness (QED) is 0.822. The zero-order valence-corrected chi connectivity index (χ0v) is 11.1. The Bertz CT molecular complexity index is 380. The highest BCUT2D eigenvalue weighted by atomic mass is 32.2.